The molecule has 0 saturated carbocycles. The average molecular weight is 318 g/mol. The third-order valence-electron chi connectivity index (χ3n) is 4.74. The second kappa shape index (κ2) is 8.92. The lowest BCUT2D eigenvalue weighted by molar-refractivity contribution is -0.133. The summed E-state index contributed by atoms with van der Waals surface area (Å²) in [6.45, 7) is 8.17. The van der Waals surface area contributed by atoms with Crippen LogP contribution in [0.3, 0.4) is 0 Å². The van der Waals surface area contributed by atoms with Crippen molar-refractivity contribution < 1.29 is 9.53 Å². The van der Waals surface area contributed by atoms with Crippen LogP contribution in [0.2, 0.25) is 0 Å². The highest BCUT2D eigenvalue weighted by molar-refractivity contribution is 5.76. The van der Waals surface area contributed by atoms with Gasteiger partial charge in [0.25, 0.3) is 0 Å². The average Bonchev–Trinajstić information content (AvgIpc) is 2.58. The molecular weight excluding hydrogens is 288 g/mol. The van der Waals surface area contributed by atoms with Crippen molar-refractivity contribution in [1.29, 1.82) is 0 Å². The number of likely N-dealkylation sites (tertiary alicyclic amines) is 1. The number of piperidine rings is 1. The standard InChI is InChI=1S/C19H30N2O2/c1-4-21-12-10-17(11-13-21)20(3)19(22)9-6-14-23-18-8-5-7-16(2)15-18/h5,7-8,15,17H,4,6,9-14H2,1-3H3. The van der Waals surface area contributed by atoms with Crippen LogP contribution in [0.4, 0.5) is 0 Å². The maximum Gasteiger partial charge on any atom is 0.222 e. The van der Waals surface area contributed by atoms with Crippen molar-refractivity contribution in [3.8, 4) is 5.75 Å². The number of amides is 1. The van der Waals surface area contributed by atoms with Gasteiger partial charge in [-0.15, -0.1) is 0 Å². The highest BCUT2D eigenvalue weighted by Gasteiger charge is 2.24. The van der Waals surface area contributed by atoms with Gasteiger partial charge >= 0.3 is 0 Å². The number of hydrogen-bond donors (Lipinski definition) is 0. The molecule has 0 aliphatic carbocycles. The normalized spacial score (nSPS) is 16.3. The summed E-state index contributed by atoms with van der Waals surface area (Å²) in [4.78, 5) is 16.7. The molecule has 0 spiro atoms. The summed E-state index contributed by atoms with van der Waals surface area (Å²) in [5, 5.41) is 0. The summed E-state index contributed by atoms with van der Waals surface area (Å²) in [5.41, 5.74) is 1.19. The Bertz CT molecular complexity index is 496. The molecule has 0 bridgehead atoms. The monoisotopic (exact) mass is 318 g/mol. The van der Waals surface area contributed by atoms with Crippen molar-refractivity contribution in [2.75, 3.05) is 33.3 Å². The van der Waals surface area contributed by atoms with E-state index >= 15 is 0 Å². The van der Waals surface area contributed by atoms with E-state index in [0.29, 0.717) is 19.1 Å². The van der Waals surface area contributed by atoms with Gasteiger partial charge in [-0.1, -0.05) is 19.1 Å². The van der Waals surface area contributed by atoms with Gasteiger partial charge in [-0.3, -0.25) is 4.79 Å². The van der Waals surface area contributed by atoms with Gasteiger partial charge in [-0.05, 0) is 50.4 Å². The smallest absolute Gasteiger partial charge is 0.222 e. The third-order valence-corrected chi connectivity index (χ3v) is 4.74. The van der Waals surface area contributed by atoms with Gasteiger partial charge in [0, 0.05) is 32.6 Å². The molecule has 0 radical (unpaired) electrons. The highest BCUT2D eigenvalue weighted by Crippen LogP contribution is 2.17. The van der Waals surface area contributed by atoms with Crippen LogP contribution in [-0.4, -0.2) is 55.0 Å². The van der Waals surface area contributed by atoms with E-state index < -0.39 is 0 Å². The molecule has 1 aliphatic heterocycles. The number of rotatable bonds is 7. The molecule has 1 amide bonds. The summed E-state index contributed by atoms with van der Waals surface area (Å²) in [6, 6.07) is 8.43. The quantitative estimate of drug-likeness (QED) is 0.724. The Balaban J connectivity index is 1.66. The summed E-state index contributed by atoms with van der Waals surface area (Å²) < 4.78 is 5.71. The Labute approximate surface area is 140 Å². The van der Waals surface area contributed by atoms with Crippen molar-refractivity contribution in [2.45, 2.75) is 45.6 Å². The molecule has 1 aromatic rings. The molecule has 1 aromatic carbocycles. The van der Waals surface area contributed by atoms with Crippen LogP contribution in [0.5, 0.6) is 5.75 Å². The van der Waals surface area contributed by atoms with Crippen LogP contribution in [0.25, 0.3) is 0 Å². The van der Waals surface area contributed by atoms with E-state index in [0.717, 1.165) is 44.6 Å². The molecule has 0 N–H and O–H groups in total. The molecule has 1 fully saturated rings. The number of ether oxygens (including phenoxy) is 1. The van der Waals surface area contributed by atoms with Gasteiger partial charge in [0.2, 0.25) is 5.91 Å². The Morgan fingerprint density at radius 2 is 2.09 bits per heavy atom. The Kier molecular flexibility index (Phi) is 6.90. The fraction of sp³-hybridized carbons (Fsp3) is 0.632. The summed E-state index contributed by atoms with van der Waals surface area (Å²) in [6.07, 6.45) is 3.52. The van der Waals surface area contributed by atoms with E-state index in [1.54, 1.807) is 0 Å². The third kappa shape index (κ3) is 5.54. The predicted molar refractivity (Wildman–Crippen MR) is 93.8 cm³/mol. The molecule has 128 valence electrons. The molecule has 0 aromatic heterocycles. The topological polar surface area (TPSA) is 32.8 Å². The van der Waals surface area contributed by atoms with Crippen LogP contribution in [0.1, 0.15) is 38.2 Å². The Morgan fingerprint density at radius 1 is 1.35 bits per heavy atom. The molecule has 0 unspecified atom stereocenters. The second-order valence-electron chi connectivity index (χ2n) is 6.44. The first-order valence-corrected chi connectivity index (χ1v) is 8.77. The minimum Gasteiger partial charge on any atom is -0.494 e. The molecular formula is C19H30N2O2. The van der Waals surface area contributed by atoms with Gasteiger partial charge in [0.05, 0.1) is 6.61 Å². The first-order chi connectivity index (χ1) is 11.1. The van der Waals surface area contributed by atoms with Gasteiger partial charge < -0.3 is 14.5 Å². The lowest BCUT2D eigenvalue weighted by Gasteiger charge is -2.36. The maximum atomic E-state index is 12.3. The molecule has 2 rings (SSSR count). The minimum absolute atomic E-state index is 0.243. The van der Waals surface area contributed by atoms with Crippen LogP contribution in [0.15, 0.2) is 24.3 Å². The molecule has 0 atom stereocenters. The molecule has 23 heavy (non-hydrogen) atoms. The van der Waals surface area contributed by atoms with Crippen LogP contribution in [0, 0.1) is 6.92 Å². The molecule has 1 aliphatic rings. The first kappa shape index (κ1) is 17.8. The summed E-state index contributed by atoms with van der Waals surface area (Å²) in [5.74, 6) is 1.13. The van der Waals surface area contributed by atoms with E-state index in [1.807, 2.05) is 30.1 Å². The summed E-state index contributed by atoms with van der Waals surface area (Å²) in [7, 11) is 1.95. The van der Waals surface area contributed by atoms with Gasteiger partial charge in [-0.2, -0.15) is 0 Å². The molecule has 1 saturated heterocycles. The molecule has 1 heterocycles. The van der Waals surface area contributed by atoms with Crippen molar-refractivity contribution in [3.05, 3.63) is 29.8 Å². The number of nitrogens with zero attached hydrogens (tertiary/aromatic N) is 2. The van der Waals surface area contributed by atoms with Crippen LogP contribution >= 0.6 is 0 Å². The molecule has 4 heteroatoms. The second-order valence-corrected chi connectivity index (χ2v) is 6.44. The first-order valence-electron chi connectivity index (χ1n) is 8.77. The lowest BCUT2D eigenvalue weighted by atomic mass is 10.0. The zero-order valence-electron chi connectivity index (χ0n) is 14.8. The zero-order valence-corrected chi connectivity index (χ0v) is 14.8. The van der Waals surface area contributed by atoms with Crippen molar-refractivity contribution in [2.24, 2.45) is 0 Å². The van der Waals surface area contributed by atoms with Crippen molar-refractivity contribution in [1.82, 2.24) is 9.80 Å². The van der Waals surface area contributed by atoms with Gasteiger partial charge in [0.1, 0.15) is 5.75 Å². The number of benzene rings is 1. The predicted octanol–water partition coefficient (Wildman–Crippen LogP) is 3.10. The molecule has 4 nitrogen and oxygen atoms in total. The number of carbonyl (C=O) groups excluding carboxylic acids is 1. The highest BCUT2D eigenvalue weighted by atomic mass is 16.5. The van der Waals surface area contributed by atoms with E-state index in [4.69, 9.17) is 4.74 Å². The fourth-order valence-electron chi connectivity index (χ4n) is 3.12. The van der Waals surface area contributed by atoms with Crippen LogP contribution in [-0.2, 0) is 4.79 Å². The van der Waals surface area contributed by atoms with Crippen molar-refractivity contribution in [3.63, 3.8) is 0 Å². The van der Waals surface area contributed by atoms with Gasteiger partial charge in [0.15, 0.2) is 0 Å². The summed E-state index contributed by atoms with van der Waals surface area (Å²) >= 11 is 0. The zero-order chi connectivity index (χ0) is 16.7. The van der Waals surface area contributed by atoms with Crippen LogP contribution < -0.4 is 4.74 Å². The van der Waals surface area contributed by atoms with E-state index in [2.05, 4.69) is 24.8 Å². The van der Waals surface area contributed by atoms with E-state index in [1.165, 1.54) is 5.56 Å². The number of hydrogen-bond acceptors (Lipinski definition) is 3. The van der Waals surface area contributed by atoms with E-state index in [-0.39, 0.29) is 5.91 Å². The number of carbonyl (C=O) groups is 1. The Hall–Kier alpha value is -1.55. The maximum absolute atomic E-state index is 12.3. The van der Waals surface area contributed by atoms with Gasteiger partial charge in [-0.25, -0.2) is 0 Å². The van der Waals surface area contributed by atoms with E-state index in [9.17, 15) is 4.79 Å². The SMILES string of the molecule is CCN1CCC(N(C)C(=O)CCCOc2cccc(C)c2)CC1. The minimum atomic E-state index is 0.243. The lowest BCUT2D eigenvalue weighted by Crippen LogP contribution is -2.45. The Morgan fingerprint density at radius 3 is 2.74 bits per heavy atom. The van der Waals surface area contributed by atoms with Crippen molar-refractivity contribution >= 4 is 5.91 Å². The fourth-order valence-corrected chi connectivity index (χ4v) is 3.12. The largest absolute Gasteiger partial charge is 0.494 e. The number of aryl methyl sites for hydroxylation is 1.